The Balaban J connectivity index is 0.00000121. The summed E-state index contributed by atoms with van der Waals surface area (Å²) in [5.41, 5.74) is 4.13. The molecule has 0 amide bonds. The third kappa shape index (κ3) is 1.64. The average molecular weight is 198 g/mol. The van der Waals surface area contributed by atoms with Crippen molar-refractivity contribution in [1.29, 1.82) is 0 Å². The van der Waals surface area contributed by atoms with Crippen LogP contribution in [-0.4, -0.2) is 0 Å². The van der Waals surface area contributed by atoms with Crippen molar-refractivity contribution in [3.63, 3.8) is 0 Å². The lowest BCUT2D eigenvalue weighted by atomic mass is 10.2. The highest BCUT2D eigenvalue weighted by Crippen LogP contribution is 2.20. The molecule has 1 aromatic carbocycles. The Hall–Kier alpha value is -0.900. The molecule has 0 aliphatic carbocycles. The Bertz CT molecular complexity index is 275. The fourth-order valence-electron chi connectivity index (χ4n) is 0.754. The number of aryl methyl sites for hydroxylation is 1. The van der Waals surface area contributed by atoms with Gasteiger partial charge in [0.1, 0.15) is 5.69 Å². The molecule has 2 N–H and O–H groups in total. The first-order chi connectivity index (χ1) is 5.04. The Kier molecular flexibility index (Phi) is 3.39. The van der Waals surface area contributed by atoms with Crippen molar-refractivity contribution in [2.45, 2.75) is 6.92 Å². The molecule has 1 rings (SSSR count). The number of nitrogen functional groups attached to an aromatic ring is 1. The molecule has 1 nitrogen and oxygen atoms in total. The predicted octanol–water partition coefficient (Wildman–Crippen LogP) is 2.42. The van der Waals surface area contributed by atoms with Crippen molar-refractivity contribution in [1.82, 2.24) is 0 Å². The maximum atomic E-state index is 12.6. The first-order valence-electron chi connectivity index (χ1n) is 2.93. The summed E-state index contributed by atoms with van der Waals surface area (Å²) >= 11 is 0. The molecule has 1 aromatic rings. The van der Waals surface area contributed by atoms with Gasteiger partial charge in [-0.15, -0.1) is 12.4 Å². The minimum atomic E-state index is -1.33. The summed E-state index contributed by atoms with van der Waals surface area (Å²) in [6.45, 7) is 1.31. The molecular weight excluding hydrogens is 191 g/mol. The third-order valence-corrected chi connectivity index (χ3v) is 1.37. The molecule has 0 aromatic heterocycles. The molecule has 0 saturated heterocycles. The Morgan fingerprint density at radius 2 is 1.67 bits per heavy atom. The highest BCUT2D eigenvalue weighted by atomic mass is 35.5. The van der Waals surface area contributed by atoms with Gasteiger partial charge in [0.05, 0.1) is 0 Å². The van der Waals surface area contributed by atoms with Gasteiger partial charge in [0, 0.05) is 0 Å². The van der Waals surface area contributed by atoms with Crippen LogP contribution < -0.4 is 5.73 Å². The van der Waals surface area contributed by atoms with E-state index in [0.717, 1.165) is 6.07 Å². The van der Waals surface area contributed by atoms with Gasteiger partial charge in [0.15, 0.2) is 17.5 Å². The first-order valence-corrected chi connectivity index (χ1v) is 2.93. The van der Waals surface area contributed by atoms with Gasteiger partial charge < -0.3 is 5.73 Å². The standard InChI is InChI=1S/C7H6F3N.ClH/c1-3-2-4(8)6(10)7(11)5(3)9;/h2H,11H2,1H3;1H. The molecule has 5 heteroatoms. The molecular formula is C7H7ClF3N. The Morgan fingerprint density at radius 3 is 2.17 bits per heavy atom. The second-order valence-corrected chi connectivity index (χ2v) is 2.22. The molecule has 0 unspecified atom stereocenters. The fraction of sp³-hybridized carbons (Fsp3) is 0.143. The minimum Gasteiger partial charge on any atom is -0.394 e. The van der Waals surface area contributed by atoms with Crippen molar-refractivity contribution >= 4 is 18.1 Å². The van der Waals surface area contributed by atoms with E-state index in [0.29, 0.717) is 0 Å². The van der Waals surface area contributed by atoms with Gasteiger partial charge in [-0.3, -0.25) is 0 Å². The van der Waals surface area contributed by atoms with E-state index in [9.17, 15) is 13.2 Å². The Morgan fingerprint density at radius 1 is 1.17 bits per heavy atom. The summed E-state index contributed by atoms with van der Waals surface area (Å²) in [4.78, 5) is 0. The van der Waals surface area contributed by atoms with E-state index in [1.807, 2.05) is 0 Å². The smallest absolute Gasteiger partial charge is 0.184 e. The molecule has 0 aliphatic heterocycles. The lowest BCUT2D eigenvalue weighted by molar-refractivity contribution is 0.498. The molecule has 68 valence electrons. The van der Waals surface area contributed by atoms with Crippen LogP contribution in [0.2, 0.25) is 0 Å². The molecule has 0 heterocycles. The van der Waals surface area contributed by atoms with Gasteiger partial charge in [-0.2, -0.15) is 0 Å². The molecule has 0 atom stereocenters. The second-order valence-electron chi connectivity index (χ2n) is 2.22. The predicted molar refractivity (Wildman–Crippen MR) is 42.7 cm³/mol. The van der Waals surface area contributed by atoms with Crippen LogP contribution in [0, 0.1) is 24.4 Å². The van der Waals surface area contributed by atoms with E-state index in [-0.39, 0.29) is 18.0 Å². The SMILES string of the molecule is Cc1cc(F)c(F)c(N)c1F.Cl. The van der Waals surface area contributed by atoms with Crippen molar-refractivity contribution < 1.29 is 13.2 Å². The maximum absolute atomic E-state index is 12.6. The second kappa shape index (κ2) is 3.67. The molecule has 0 fully saturated rings. The molecule has 12 heavy (non-hydrogen) atoms. The third-order valence-electron chi connectivity index (χ3n) is 1.37. The van der Waals surface area contributed by atoms with Gasteiger partial charge in [0.2, 0.25) is 0 Å². The quantitative estimate of drug-likeness (QED) is 0.502. The Labute approximate surface area is 73.8 Å². The van der Waals surface area contributed by atoms with Gasteiger partial charge in [-0.25, -0.2) is 13.2 Å². The van der Waals surface area contributed by atoms with Crippen molar-refractivity contribution in [3.05, 3.63) is 29.1 Å². The summed E-state index contributed by atoms with van der Waals surface area (Å²) in [6.07, 6.45) is 0. The summed E-state index contributed by atoms with van der Waals surface area (Å²) in [6, 6.07) is 0.765. The highest BCUT2D eigenvalue weighted by Gasteiger charge is 2.12. The van der Waals surface area contributed by atoms with E-state index in [4.69, 9.17) is 5.73 Å². The van der Waals surface area contributed by atoms with E-state index in [2.05, 4.69) is 0 Å². The zero-order chi connectivity index (χ0) is 8.59. The maximum Gasteiger partial charge on any atom is 0.184 e. The first kappa shape index (κ1) is 11.1. The van der Waals surface area contributed by atoms with Crippen LogP contribution >= 0.6 is 12.4 Å². The van der Waals surface area contributed by atoms with Crippen molar-refractivity contribution in [2.75, 3.05) is 5.73 Å². The minimum absolute atomic E-state index is 0. The highest BCUT2D eigenvalue weighted by molar-refractivity contribution is 5.85. The normalized spacial score (nSPS) is 9.33. The molecule has 0 spiro atoms. The number of nitrogens with two attached hydrogens (primary N) is 1. The number of benzene rings is 1. The topological polar surface area (TPSA) is 26.0 Å². The lowest BCUT2D eigenvalue weighted by Gasteiger charge is -2.01. The summed E-state index contributed by atoms with van der Waals surface area (Å²) in [7, 11) is 0. The number of anilines is 1. The zero-order valence-electron chi connectivity index (χ0n) is 6.20. The number of hydrogen-bond donors (Lipinski definition) is 1. The van der Waals surface area contributed by atoms with Crippen molar-refractivity contribution in [2.24, 2.45) is 0 Å². The van der Waals surface area contributed by atoms with Crippen LogP contribution in [0.1, 0.15) is 5.56 Å². The van der Waals surface area contributed by atoms with Crippen LogP contribution in [0.3, 0.4) is 0 Å². The molecule has 0 aliphatic rings. The van der Waals surface area contributed by atoms with E-state index < -0.39 is 23.1 Å². The summed E-state index contributed by atoms with van der Waals surface area (Å²) < 4.78 is 37.5. The van der Waals surface area contributed by atoms with Gasteiger partial charge in [-0.05, 0) is 18.6 Å². The summed E-state index contributed by atoms with van der Waals surface area (Å²) in [5, 5.41) is 0. The van der Waals surface area contributed by atoms with Crippen LogP contribution in [0.5, 0.6) is 0 Å². The van der Waals surface area contributed by atoms with Crippen LogP contribution in [0.4, 0.5) is 18.9 Å². The average Bonchev–Trinajstić information content (AvgIpc) is 1.97. The van der Waals surface area contributed by atoms with Gasteiger partial charge >= 0.3 is 0 Å². The number of rotatable bonds is 0. The van der Waals surface area contributed by atoms with E-state index in [1.165, 1.54) is 6.92 Å². The number of halogens is 4. The van der Waals surface area contributed by atoms with Crippen LogP contribution in [0.15, 0.2) is 6.07 Å². The van der Waals surface area contributed by atoms with Crippen LogP contribution in [-0.2, 0) is 0 Å². The summed E-state index contributed by atoms with van der Waals surface area (Å²) in [5.74, 6) is -3.35. The zero-order valence-corrected chi connectivity index (χ0v) is 7.01. The van der Waals surface area contributed by atoms with E-state index >= 15 is 0 Å². The largest absolute Gasteiger partial charge is 0.394 e. The van der Waals surface area contributed by atoms with E-state index in [1.54, 1.807) is 0 Å². The van der Waals surface area contributed by atoms with Gasteiger partial charge in [0.25, 0.3) is 0 Å². The molecule has 0 bridgehead atoms. The fourth-order valence-corrected chi connectivity index (χ4v) is 0.754. The monoisotopic (exact) mass is 197 g/mol. The van der Waals surface area contributed by atoms with Crippen molar-refractivity contribution in [3.8, 4) is 0 Å². The number of hydrogen-bond acceptors (Lipinski definition) is 1. The molecule has 0 radical (unpaired) electrons. The van der Waals surface area contributed by atoms with Crippen LogP contribution in [0.25, 0.3) is 0 Å². The molecule has 0 saturated carbocycles. The lowest BCUT2D eigenvalue weighted by Crippen LogP contribution is -2.00. The van der Waals surface area contributed by atoms with Gasteiger partial charge in [-0.1, -0.05) is 0 Å².